The predicted octanol–water partition coefficient (Wildman–Crippen LogP) is 1.54. The zero-order chi connectivity index (χ0) is 6.55. The van der Waals surface area contributed by atoms with Crippen molar-refractivity contribution in [1.82, 2.24) is 5.32 Å². The van der Waals surface area contributed by atoms with E-state index in [0.717, 1.165) is 23.9 Å². The fourth-order valence-electron chi connectivity index (χ4n) is 3.32. The first-order valence-electron chi connectivity index (χ1n) is 4.68. The van der Waals surface area contributed by atoms with Gasteiger partial charge in [-0.2, -0.15) is 0 Å². The number of nitrogens with one attached hydrogen (secondary N) is 1. The second-order valence-corrected chi connectivity index (χ2v) is 4.38. The van der Waals surface area contributed by atoms with Gasteiger partial charge in [-0.3, -0.25) is 0 Å². The topological polar surface area (TPSA) is 12.0 Å². The maximum Gasteiger partial charge on any atom is 0.0101 e. The van der Waals surface area contributed by atoms with Crippen molar-refractivity contribution >= 4 is 0 Å². The lowest BCUT2D eigenvalue weighted by molar-refractivity contribution is 0.215. The normalized spacial score (nSPS) is 57.6. The number of rotatable bonds is 0. The molecule has 10 heavy (non-hydrogen) atoms. The van der Waals surface area contributed by atoms with Gasteiger partial charge >= 0.3 is 0 Å². The van der Waals surface area contributed by atoms with Crippen LogP contribution in [0.4, 0.5) is 0 Å². The van der Waals surface area contributed by atoms with Crippen molar-refractivity contribution in [2.45, 2.75) is 44.2 Å². The third-order valence-corrected chi connectivity index (χ3v) is 3.76. The quantitative estimate of drug-likeness (QED) is 0.534. The third-order valence-electron chi connectivity index (χ3n) is 3.76. The van der Waals surface area contributed by atoms with Crippen LogP contribution in [-0.4, -0.2) is 12.1 Å². The summed E-state index contributed by atoms with van der Waals surface area (Å²) in [6.07, 6.45) is 7.56. The van der Waals surface area contributed by atoms with Gasteiger partial charge in [-0.15, -0.1) is 0 Å². The molecule has 3 aliphatic rings. The van der Waals surface area contributed by atoms with Crippen molar-refractivity contribution < 1.29 is 0 Å². The van der Waals surface area contributed by atoms with E-state index in [-0.39, 0.29) is 0 Å². The molecule has 0 aromatic carbocycles. The molecular formula is C9H15N. The van der Waals surface area contributed by atoms with Crippen LogP contribution in [0.2, 0.25) is 0 Å². The van der Waals surface area contributed by atoms with Crippen LogP contribution in [0.5, 0.6) is 0 Å². The van der Waals surface area contributed by atoms with E-state index < -0.39 is 0 Å². The van der Waals surface area contributed by atoms with Crippen LogP contribution >= 0.6 is 0 Å². The summed E-state index contributed by atoms with van der Waals surface area (Å²) < 4.78 is 0. The Kier molecular flexibility index (Phi) is 0.984. The predicted molar refractivity (Wildman–Crippen MR) is 40.8 cm³/mol. The van der Waals surface area contributed by atoms with E-state index in [1.807, 2.05) is 0 Å². The molecule has 0 aromatic heterocycles. The number of hydrogen-bond donors (Lipinski definition) is 1. The molecule has 4 atom stereocenters. The first-order valence-corrected chi connectivity index (χ1v) is 4.68. The van der Waals surface area contributed by atoms with E-state index in [9.17, 15) is 0 Å². The van der Waals surface area contributed by atoms with Crippen molar-refractivity contribution in [3.63, 3.8) is 0 Å². The molecule has 56 valence electrons. The van der Waals surface area contributed by atoms with Crippen LogP contribution in [-0.2, 0) is 0 Å². The van der Waals surface area contributed by atoms with Crippen LogP contribution in [0, 0.1) is 11.8 Å². The Morgan fingerprint density at radius 2 is 2.00 bits per heavy atom. The Morgan fingerprint density at radius 3 is 3.00 bits per heavy atom. The average Bonchev–Trinajstić information content (AvgIpc) is 2.11. The standard InChI is InChI=1S/C9H15N/c1-2-7-5-8-3-6(1)4-9(7)10-8/h6-10H,1-5H2. The summed E-state index contributed by atoms with van der Waals surface area (Å²) in [5, 5.41) is 3.72. The van der Waals surface area contributed by atoms with Crippen LogP contribution < -0.4 is 5.32 Å². The molecular weight excluding hydrogens is 122 g/mol. The van der Waals surface area contributed by atoms with E-state index in [4.69, 9.17) is 0 Å². The molecule has 3 rings (SSSR count). The van der Waals surface area contributed by atoms with Crippen molar-refractivity contribution in [1.29, 1.82) is 0 Å². The van der Waals surface area contributed by atoms with Gasteiger partial charge in [-0.1, -0.05) is 6.42 Å². The lowest BCUT2D eigenvalue weighted by Crippen LogP contribution is -2.41. The molecule has 1 nitrogen and oxygen atoms in total. The summed E-state index contributed by atoms with van der Waals surface area (Å²) in [4.78, 5) is 0. The Bertz CT molecular complexity index is 145. The molecule has 3 bridgehead atoms. The number of fused-ring (bicyclic) bond motifs is 2. The largest absolute Gasteiger partial charge is 0.311 e. The second kappa shape index (κ2) is 1.76. The zero-order valence-corrected chi connectivity index (χ0v) is 6.34. The average molecular weight is 137 g/mol. The highest BCUT2D eigenvalue weighted by Gasteiger charge is 2.43. The molecule has 1 heteroatoms. The van der Waals surface area contributed by atoms with Gasteiger partial charge < -0.3 is 5.32 Å². The van der Waals surface area contributed by atoms with Crippen LogP contribution in [0.3, 0.4) is 0 Å². The highest BCUT2D eigenvalue weighted by atomic mass is 15.0. The molecule has 0 radical (unpaired) electrons. The van der Waals surface area contributed by atoms with Crippen LogP contribution in [0.1, 0.15) is 32.1 Å². The van der Waals surface area contributed by atoms with Gasteiger partial charge in [0.05, 0.1) is 0 Å². The summed E-state index contributed by atoms with van der Waals surface area (Å²) in [6.45, 7) is 0. The lowest BCUT2D eigenvalue weighted by atomic mass is 9.80. The molecule has 1 aliphatic carbocycles. The first kappa shape index (κ1) is 5.59. The fourth-order valence-corrected chi connectivity index (χ4v) is 3.32. The Hall–Kier alpha value is -0.0400. The Balaban J connectivity index is 1.94. The lowest BCUT2D eigenvalue weighted by Gasteiger charge is -2.34. The maximum atomic E-state index is 3.72. The van der Waals surface area contributed by atoms with E-state index in [2.05, 4.69) is 5.32 Å². The monoisotopic (exact) mass is 137 g/mol. The van der Waals surface area contributed by atoms with Gasteiger partial charge in [0, 0.05) is 12.1 Å². The molecule has 4 unspecified atom stereocenters. The summed E-state index contributed by atoms with van der Waals surface area (Å²) in [5.41, 5.74) is 0. The zero-order valence-electron chi connectivity index (χ0n) is 6.34. The van der Waals surface area contributed by atoms with Gasteiger partial charge in [0.25, 0.3) is 0 Å². The van der Waals surface area contributed by atoms with Crippen molar-refractivity contribution in [3.8, 4) is 0 Å². The molecule has 3 fully saturated rings. The van der Waals surface area contributed by atoms with E-state index >= 15 is 0 Å². The first-order chi connectivity index (χ1) is 4.92. The molecule has 0 amide bonds. The van der Waals surface area contributed by atoms with E-state index in [1.165, 1.54) is 25.7 Å². The third kappa shape index (κ3) is 0.619. The van der Waals surface area contributed by atoms with Crippen molar-refractivity contribution in [2.24, 2.45) is 11.8 Å². The highest BCUT2D eigenvalue weighted by molar-refractivity contribution is 5.00. The second-order valence-electron chi connectivity index (χ2n) is 4.38. The summed E-state index contributed by atoms with van der Waals surface area (Å²) in [7, 11) is 0. The van der Waals surface area contributed by atoms with Crippen molar-refractivity contribution in [3.05, 3.63) is 0 Å². The van der Waals surface area contributed by atoms with Gasteiger partial charge in [0.1, 0.15) is 0 Å². The minimum atomic E-state index is 0.927. The smallest absolute Gasteiger partial charge is 0.0101 e. The molecule has 0 aromatic rings. The molecule has 2 heterocycles. The Labute approximate surface area is 62.2 Å². The fraction of sp³-hybridized carbons (Fsp3) is 1.00. The van der Waals surface area contributed by atoms with Gasteiger partial charge in [-0.05, 0) is 37.5 Å². The minimum Gasteiger partial charge on any atom is -0.311 e. The van der Waals surface area contributed by atoms with Gasteiger partial charge in [0.2, 0.25) is 0 Å². The minimum absolute atomic E-state index is 0.927. The van der Waals surface area contributed by atoms with E-state index in [1.54, 1.807) is 6.42 Å². The molecule has 2 aliphatic heterocycles. The molecule has 0 spiro atoms. The van der Waals surface area contributed by atoms with E-state index in [0.29, 0.717) is 0 Å². The number of hydrogen-bond acceptors (Lipinski definition) is 1. The van der Waals surface area contributed by atoms with Crippen molar-refractivity contribution in [2.75, 3.05) is 0 Å². The Morgan fingerprint density at radius 1 is 1.00 bits per heavy atom. The summed E-state index contributed by atoms with van der Waals surface area (Å²) >= 11 is 0. The molecule has 1 saturated carbocycles. The molecule has 1 N–H and O–H groups in total. The van der Waals surface area contributed by atoms with Gasteiger partial charge in [-0.25, -0.2) is 0 Å². The highest BCUT2D eigenvalue weighted by Crippen LogP contribution is 2.44. The summed E-state index contributed by atoms with van der Waals surface area (Å²) in [6, 6.07) is 1.87. The van der Waals surface area contributed by atoms with Crippen LogP contribution in [0.15, 0.2) is 0 Å². The number of piperidine rings is 1. The van der Waals surface area contributed by atoms with Crippen LogP contribution in [0.25, 0.3) is 0 Å². The maximum absolute atomic E-state index is 3.72. The van der Waals surface area contributed by atoms with Gasteiger partial charge in [0.15, 0.2) is 0 Å². The SMILES string of the molecule is C1CC2CC3CC1CC2N3. The molecule has 2 saturated heterocycles. The summed E-state index contributed by atoms with van der Waals surface area (Å²) in [5.74, 6) is 2.18.